The first kappa shape index (κ1) is 20.4. The van der Waals surface area contributed by atoms with Crippen molar-refractivity contribution < 1.29 is 9.53 Å². The number of hydrogen-bond acceptors (Lipinski definition) is 5. The Morgan fingerprint density at radius 3 is 2.43 bits per heavy atom. The number of aryl methyl sites for hydroxylation is 2. The van der Waals surface area contributed by atoms with E-state index in [1.165, 1.54) is 22.0 Å². The Morgan fingerprint density at radius 1 is 0.967 bits per heavy atom. The molecule has 0 bridgehead atoms. The lowest BCUT2D eigenvalue weighted by Gasteiger charge is -2.36. The first-order chi connectivity index (χ1) is 14.6. The molecule has 4 rings (SSSR count). The number of hydrogen-bond donors (Lipinski definition) is 1. The number of nitrogens with one attached hydrogen (secondary N) is 1. The lowest BCUT2D eigenvalue weighted by atomic mass is 10.1. The summed E-state index contributed by atoms with van der Waals surface area (Å²) in [5, 5.41) is 2.54. The molecule has 0 saturated carbocycles. The van der Waals surface area contributed by atoms with Crippen LogP contribution in [0.25, 0.3) is 10.8 Å². The predicted octanol–water partition coefficient (Wildman–Crippen LogP) is 5.47. The highest BCUT2D eigenvalue weighted by Crippen LogP contribution is 2.31. The van der Waals surface area contributed by atoms with Crippen LogP contribution >= 0.6 is 11.9 Å². The molecule has 0 unspecified atom stereocenters. The van der Waals surface area contributed by atoms with Crippen molar-refractivity contribution in [1.82, 2.24) is 4.90 Å². The summed E-state index contributed by atoms with van der Waals surface area (Å²) in [6.45, 7) is 7.18. The number of ether oxygens (including phenoxy) is 1. The van der Waals surface area contributed by atoms with Gasteiger partial charge in [-0.05, 0) is 48.6 Å². The van der Waals surface area contributed by atoms with Crippen molar-refractivity contribution >= 4 is 39.3 Å². The van der Waals surface area contributed by atoms with Crippen LogP contribution in [0, 0.1) is 13.8 Å². The molecule has 3 aromatic rings. The van der Waals surface area contributed by atoms with Crippen molar-refractivity contribution in [3.8, 4) is 5.75 Å². The molecule has 1 amide bonds. The van der Waals surface area contributed by atoms with Crippen LogP contribution in [0.2, 0.25) is 0 Å². The molecule has 5 nitrogen and oxygen atoms in total. The minimum absolute atomic E-state index is 0.0350. The fourth-order valence-electron chi connectivity index (χ4n) is 3.82. The van der Waals surface area contributed by atoms with Crippen LogP contribution in [0.3, 0.4) is 0 Å². The highest BCUT2D eigenvalue weighted by molar-refractivity contribution is 8.14. The van der Waals surface area contributed by atoms with Gasteiger partial charge in [-0.25, -0.2) is 0 Å². The standard InChI is InChI=1S/C24H27N3O2S/c1-17-15-21(23(29-3)16-18(17)2)25-30-24(28)27-13-11-26(12-14-27)22-10-6-8-19-7-4-5-9-20(19)22/h4-10,15-16,25H,11-14H2,1-3H3. The molecule has 0 aliphatic carbocycles. The topological polar surface area (TPSA) is 44.8 Å². The maximum Gasteiger partial charge on any atom is 0.302 e. The maximum atomic E-state index is 12.7. The second-order valence-corrected chi connectivity index (χ2v) is 8.34. The molecule has 0 spiro atoms. The lowest BCUT2D eigenvalue weighted by molar-refractivity contribution is 0.219. The zero-order chi connectivity index (χ0) is 21.1. The number of rotatable bonds is 4. The van der Waals surface area contributed by atoms with Gasteiger partial charge in [-0.3, -0.25) is 4.79 Å². The van der Waals surface area contributed by atoms with E-state index < -0.39 is 0 Å². The summed E-state index contributed by atoms with van der Waals surface area (Å²) in [5.74, 6) is 0.749. The molecule has 1 aliphatic rings. The van der Waals surface area contributed by atoms with Crippen molar-refractivity contribution in [1.29, 1.82) is 0 Å². The summed E-state index contributed by atoms with van der Waals surface area (Å²) in [5.41, 5.74) is 4.40. The Bertz CT molecular complexity index is 1060. The van der Waals surface area contributed by atoms with Gasteiger partial charge in [0.15, 0.2) is 0 Å². The van der Waals surface area contributed by atoms with Gasteiger partial charge in [-0.2, -0.15) is 0 Å². The van der Waals surface area contributed by atoms with E-state index in [4.69, 9.17) is 4.74 Å². The molecule has 3 aromatic carbocycles. The molecule has 156 valence electrons. The van der Waals surface area contributed by atoms with Gasteiger partial charge >= 0.3 is 5.24 Å². The molecule has 0 aromatic heterocycles. The quantitative estimate of drug-likeness (QED) is 0.566. The smallest absolute Gasteiger partial charge is 0.302 e. The molecular formula is C24H27N3O2S. The van der Waals surface area contributed by atoms with Crippen LogP contribution in [-0.4, -0.2) is 43.4 Å². The molecule has 30 heavy (non-hydrogen) atoms. The van der Waals surface area contributed by atoms with Crippen LogP contribution < -0.4 is 14.4 Å². The van der Waals surface area contributed by atoms with E-state index in [1.54, 1.807) is 7.11 Å². The highest BCUT2D eigenvalue weighted by Gasteiger charge is 2.23. The van der Waals surface area contributed by atoms with Gasteiger partial charge in [0.05, 0.1) is 12.8 Å². The third-order valence-corrected chi connectivity index (χ3v) is 6.46. The normalized spacial score (nSPS) is 14.1. The van der Waals surface area contributed by atoms with Gasteiger partial charge in [-0.15, -0.1) is 0 Å². The highest BCUT2D eigenvalue weighted by atomic mass is 32.2. The third kappa shape index (κ3) is 4.19. The first-order valence-electron chi connectivity index (χ1n) is 10.2. The number of fused-ring (bicyclic) bond motifs is 1. The van der Waals surface area contributed by atoms with E-state index in [9.17, 15) is 4.79 Å². The van der Waals surface area contributed by atoms with E-state index in [0.29, 0.717) is 13.1 Å². The minimum atomic E-state index is 0.0350. The van der Waals surface area contributed by atoms with Crippen LogP contribution in [0.1, 0.15) is 11.1 Å². The molecule has 1 fully saturated rings. The predicted molar refractivity (Wildman–Crippen MR) is 127 cm³/mol. The second kappa shape index (κ2) is 8.88. The van der Waals surface area contributed by atoms with Crippen LogP contribution in [0.4, 0.5) is 16.2 Å². The summed E-state index contributed by atoms with van der Waals surface area (Å²) in [7, 11) is 1.65. The molecule has 1 N–H and O–H groups in total. The minimum Gasteiger partial charge on any atom is -0.495 e. The number of piperazine rings is 1. The van der Waals surface area contributed by atoms with Gasteiger partial charge in [-0.1, -0.05) is 36.4 Å². The monoisotopic (exact) mass is 421 g/mol. The molecule has 1 saturated heterocycles. The van der Waals surface area contributed by atoms with Crippen molar-refractivity contribution in [2.75, 3.05) is 42.9 Å². The Hall–Kier alpha value is -2.86. The van der Waals surface area contributed by atoms with Gasteiger partial charge in [0.2, 0.25) is 0 Å². The lowest BCUT2D eigenvalue weighted by Crippen LogP contribution is -2.47. The Kier molecular flexibility index (Phi) is 6.04. The largest absolute Gasteiger partial charge is 0.495 e. The molecule has 0 radical (unpaired) electrons. The average molecular weight is 422 g/mol. The SMILES string of the molecule is COc1cc(C)c(C)cc1NSC(=O)N1CCN(c2cccc3ccccc23)CC1. The van der Waals surface area contributed by atoms with Crippen LogP contribution in [0.5, 0.6) is 5.75 Å². The van der Waals surface area contributed by atoms with E-state index >= 15 is 0 Å². The summed E-state index contributed by atoms with van der Waals surface area (Å²) in [6.07, 6.45) is 0. The van der Waals surface area contributed by atoms with Gasteiger partial charge in [0.1, 0.15) is 5.75 Å². The van der Waals surface area contributed by atoms with Gasteiger partial charge in [0, 0.05) is 49.2 Å². The molecule has 1 heterocycles. The Balaban J connectivity index is 1.37. The molecule has 0 atom stereocenters. The Labute approximate surface area is 182 Å². The molecule has 1 aliphatic heterocycles. The fraction of sp³-hybridized carbons (Fsp3) is 0.292. The first-order valence-corrected chi connectivity index (χ1v) is 11.0. The van der Waals surface area contributed by atoms with E-state index in [2.05, 4.69) is 65.9 Å². The summed E-state index contributed by atoms with van der Waals surface area (Å²) >= 11 is 1.12. The summed E-state index contributed by atoms with van der Waals surface area (Å²) in [6, 6.07) is 18.9. The van der Waals surface area contributed by atoms with Crippen LogP contribution in [-0.2, 0) is 0 Å². The van der Waals surface area contributed by atoms with E-state index in [1.807, 2.05) is 17.0 Å². The number of amides is 1. The zero-order valence-corrected chi connectivity index (χ0v) is 18.5. The van der Waals surface area contributed by atoms with Gasteiger partial charge < -0.3 is 19.3 Å². The van der Waals surface area contributed by atoms with Crippen LogP contribution in [0.15, 0.2) is 54.6 Å². The number of nitrogens with zero attached hydrogens (tertiary/aromatic N) is 2. The Morgan fingerprint density at radius 2 is 1.67 bits per heavy atom. The summed E-state index contributed by atoms with van der Waals surface area (Å²) in [4.78, 5) is 17.0. The maximum absolute atomic E-state index is 12.7. The second-order valence-electron chi connectivity index (χ2n) is 7.58. The third-order valence-electron chi connectivity index (χ3n) is 5.71. The number of carbonyl (C=O) groups excluding carboxylic acids is 1. The number of carbonyl (C=O) groups is 1. The fourth-order valence-corrected chi connectivity index (χ4v) is 4.48. The number of anilines is 2. The number of benzene rings is 3. The summed E-state index contributed by atoms with van der Waals surface area (Å²) < 4.78 is 8.63. The van der Waals surface area contributed by atoms with Crippen molar-refractivity contribution in [2.45, 2.75) is 13.8 Å². The van der Waals surface area contributed by atoms with Crippen molar-refractivity contribution in [3.63, 3.8) is 0 Å². The molecular weight excluding hydrogens is 394 g/mol. The number of methoxy groups -OCH3 is 1. The average Bonchev–Trinajstić information content (AvgIpc) is 2.79. The van der Waals surface area contributed by atoms with Crippen molar-refractivity contribution in [2.24, 2.45) is 0 Å². The molecule has 6 heteroatoms. The zero-order valence-electron chi connectivity index (χ0n) is 17.6. The van der Waals surface area contributed by atoms with Gasteiger partial charge in [0.25, 0.3) is 0 Å². The van der Waals surface area contributed by atoms with Crippen molar-refractivity contribution in [3.05, 3.63) is 65.7 Å². The van der Waals surface area contributed by atoms with E-state index in [0.717, 1.165) is 42.0 Å². The van der Waals surface area contributed by atoms with E-state index in [-0.39, 0.29) is 5.24 Å².